The van der Waals surface area contributed by atoms with Crippen LogP contribution in [0.1, 0.15) is 10.5 Å². The molecule has 0 aliphatic rings. The van der Waals surface area contributed by atoms with Gasteiger partial charge in [0.05, 0.1) is 22.9 Å². The Balaban J connectivity index is 1.55. The second kappa shape index (κ2) is 8.20. The fourth-order valence-corrected chi connectivity index (χ4v) is 3.65. The summed E-state index contributed by atoms with van der Waals surface area (Å²) in [6.45, 7) is 0. The standard InChI is InChI=1S/C23H18N8O3/c1-29-17-4-3-15(11-19(17)30(2)23(34)22(29)33)27-21(32)16-12-18(14-5-7-24-8-6-14)31(28-16)20-13-25-9-10-26-20/h3-13H,1-2H3,(H,27,32). The Morgan fingerprint density at radius 2 is 1.59 bits per heavy atom. The second-order valence-electron chi connectivity index (χ2n) is 7.51. The van der Waals surface area contributed by atoms with E-state index in [0.29, 0.717) is 28.2 Å². The third-order valence-corrected chi connectivity index (χ3v) is 5.43. The van der Waals surface area contributed by atoms with Gasteiger partial charge in [0.2, 0.25) is 0 Å². The number of carbonyl (C=O) groups excluding carboxylic acids is 1. The molecule has 11 nitrogen and oxygen atoms in total. The lowest BCUT2D eigenvalue weighted by Crippen LogP contribution is -2.39. The van der Waals surface area contributed by atoms with E-state index in [0.717, 1.165) is 5.56 Å². The van der Waals surface area contributed by atoms with Gasteiger partial charge in [-0.25, -0.2) is 9.67 Å². The number of pyridine rings is 1. The normalized spacial score (nSPS) is 11.0. The van der Waals surface area contributed by atoms with Gasteiger partial charge in [0.1, 0.15) is 0 Å². The number of carbonyl (C=O) groups is 1. The molecule has 4 heterocycles. The summed E-state index contributed by atoms with van der Waals surface area (Å²) in [5, 5.41) is 7.26. The molecular weight excluding hydrogens is 436 g/mol. The molecule has 1 N–H and O–H groups in total. The van der Waals surface area contributed by atoms with Gasteiger partial charge in [0.15, 0.2) is 11.5 Å². The number of aryl methyl sites for hydroxylation is 2. The fourth-order valence-electron chi connectivity index (χ4n) is 3.65. The van der Waals surface area contributed by atoms with Crippen LogP contribution in [0.2, 0.25) is 0 Å². The van der Waals surface area contributed by atoms with E-state index in [2.05, 4.69) is 25.4 Å². The lowest BCUT2D eigenvalue weighted by atomic mass is 10.2. The molecule has 5 rings (SSSR count). The quantitative estimate of drug-likeness (QED) is 0.408. The van der Waals surface area contributed by atoms with E-state index >= 15 is 0 Å². The summed E-state index contributed by atoms with van der Waals surface area (Å²) >= 11 is 0. The lowest BCUT2D eigenvalue weighted by molar-refractivity contribution is 0.102. The van der Waals surface area contributed by atoms with Crippen molar-refractivity contribution >= 4 is 22.6 Å². The minimum Gasteiger partial charge on any atom is -0.321 e. The first-order valence-corrected chi connectivity index (χ1v) is 10.2. The van der Waals surface area contributed by atoms with Gasteiger partial charge in [-0.2, -0.15) is 5.10 Å². The number of rotatable bonds is 4. The van der Waals surface area contributed by atoms with Crippen LogP contribution in [-0.2, 0) is 14.1 Å². The number of anilines is 1. The molecular formula is C23H18N8O3. The van der Waals surface area contributed by atoms with E-state index in [1.165, 1.54) is 27.9 Å². The van der Waals surface area contributed by atoms with E-state index in [1.54, 1.807) is 67.4 Å². The maximum atomic E-state index is 13.1. The second-order valence-corrected chi connectivity index (χ2v) is 7.51. The lowest BCUT2D eigenvalue weighted by Gasteiger charge is -2.11. The van der Waals surface area contributed by atoms with Gasteiger partial charge < -0.3 is 14.5 Å². The van der Waals surface area contributed by atoms with Gasteiger partial charge in [-0.15, -0.1) is 0 Å². The number of hydrogen-bond acceptors (Lipinski definition) is 7. The van der Waals surface area contributed by atoms with Crippen molar-refractivity contribution in [1.29, 1.82) is 0 Å². The van der Waals surface area contributed by atoms with Gasteiger partial charge in [0.25, 0.3) is 5.91 Å². The monoisotopic (exact) mass is 454 g/mol. The van der Waals surface area contributed by atoms with Crippen molar-refractivity contribution in [3.63, 3.8) is 0 Å². The predicted molar refractivity (Wildman–Crippen MR) is 125 cm³/mol. The Morgan fingerprint density at radius 1 is 0.853 bits per heavy atom. The van der Waals surface area contributed by atoms with Crippen molar-refractivity contribution in [3.05, 3.63) is 93.8 Å². The molecule has 5 aromatic rings. The molecule has 0 saturated heterocycles. The van der Waals surface area contributed by atoms with Gasteiger partial charge in [-0.1, -0.05) is 0 Å². The molecule has 0 unspecified atom stereocenters. The van der Waals surface area contributed by atoms with Crippen LogP contribution in [0.25, 0.3) is 28.1 Å². The van der Waals surface area contributed by atoms with Gasteiger partial charge >= 0.3 is 11.1 Å². The Bertz CT molecular complexity index is 1600. The molecule has 0 spiro atoms. The zero-order chi connectivity index (χ0) is 23.8. The molecule has 1 aromatic carbocycles. The number of amides is 1. The number of fused-ring (bicyclic) bond motifs is 1. The van der Waals surface area contributed by atoms with E-state index in [-0.39, 0.29) is 5.69 Å². The third-order valence-electron chi connectivity index (χ3n) is 5.43. The summed E-state index contributed by atoms with van der Waals surface area (Å²) in [7, 11) is 3.05. The zero-order valence-electron chi connectivity index (χ0n) is 18.2. The van der Waals surface area contributed by atoms with Gasteiger partial charge in [-0.05, 0) is 36.4 Å². The van der Waals surface area contributed by atoms with Crippen molar-refractivity contribution in [2.45, 2.75) is 0 Å². The van der Waals surface area contributed by atoms with Crippen LogP contribution in [0.4, 0.5) is 5.69 Å². The van der Waals surface area contributed by atoms with Crippen LogP contribution in [0.15, 0.2) is 77.0 Å². The molecule has 11 heteroatoms. The topological polar surface area (TPSA) is 130 Å². The molecule has 0 aliphatic carbocycles. The molecule has 1 amide bonds. The average molecular weight is 454 g/mol. The summed E-state index contributed by atoms with van der Waals surface area (Å²) in [6.07, 6.45) is 7.94. The highest BCUT2D eigenvalue weighted by Gasteiger charge is 2.18. The summed E-state index contributed by atoms with van der Waals surface area (Å²) in [5.41, 5.74) is 1.85. The smallest absolute Gasteiger partial charge is 0.316 e. The fraction of sp³-hybridized carbons (Fsp3) is 0.0870. The van der Waals surface area contributed by atoms with E-state index in [4.69, 9.17) is 0 Å². The molecule has 0 fully saturated rings. The van der Waals surface area contributed by atoms with Gasteiger partial charge in [-0.3, -0.25) is 24.4 Å². The van der Waals surface area contributed by atoms with Crippen molar-refractivity contribution in [2.24, 2.45) is 14.1 Å². The maximum absolute atomic E-state index is 13.1. The summed E-state index contributed by atoms with van der Waals surface area (Å²) < 4.78 is 4.08. The number of hydrogen-bond donors (Lipinski definition) is 1. The Morgan fingerprint density at radius 3 is 2.29 bits per heavy atom. The summed E-state index contributed by atoms with van der Waals surface area (Å²) in [6, 6.07) is 10.2. The van der Waals surface area contributed by atoms with Crippen LogP contribution in [-0.4, -0.2) is 39.8 Å². The van der Waals surface area contributed by atoms with Crippen LogP contribution in [0.5, 0.6) is 0 Å². The highest BCUT2D eigenvalue weighted by molar-refractivity contribution is 6.04. The van der Waals surface area contributed by atoms with Crippen molar-refractivity contribution in [3.8, 4) is 17.1 Å². The van der Waals surface area contributed by atoms with Crippen molar-refractivity contribution < 1.29 is 4.79 Å². The van der Waals surface area contributed by atoms with Crippen LogP contribution in [0.3, 0.4) is 0 Å². The highest BCUT2D eigenvalue weighted by Crippen LogP contribution is 2.23. The van der Waals surface area contributed by atoms with E-state index in [9.17, 15) is 14.4 Å². The van der Waals surface area contributed by atoms with Crippen LogP contribution in [0, 0.1) is 0 Å². The predicted octanol–water partition coefficient (Wildman–Crippen LogP) is 1.53. The Hall–Kier alpha value is -4.93. The van der Waals surface area contributed by atoms with Crippen LogP contribution < -0.4 is 16.4 Å². The number of nitrogens with one attached hydrogen (secondary N) is 1. The SMILES string of the molecule is Cn1c(=O)c(=O)n(C)c2cc(NC(=O)c3cc(-c4ccncc4)n(-c4cnccn4)n3)ccc21. The number of aromatic nitrogens is 7. The molecule has 0 aliphatic heterocycles. The van der Waals surface area contributed by atoms with Gasteiger partial charge in [0, 0.05) is 50.1 Å². The Labute approximate surface area is 192 Å². The molecule has 0 bridgehead atoms. The number of benzene rings is 1. The summed E-state index contributed by atoms with van der Waals surface area (Å²) in [4.78, 5) is 49.7. The maximum Gasteiger partial charge on any atom is 0.316 e. The molecule has 34 heavy (non-hydrogen) atoms. The first-order chi connectivity index (χ1) is 16.4. The van der Waals surface area contributed by atoms with Crippen molar-refractivity contribution in [2.75, 3.05) is 5.32 Å². The molecule has 0 radical (unpaired) electrons. The number of nitrogens with zero attached hydrogens (tertiary/aromatic N) is 7. The molecule has 4 aromatic heterocycles. The highest BCUT2D eigenvalue weighted by atomic mass is 16.2. The molecule has 168 valence electrons. The van der Waals surface area contributed by atoms with E-state index < -0.39 is 17.0 Å². The molecule has 0 saturated carbocycles. The minimum absolute atomic E-state index is 0.159. The zero-order valence-corrected chi connectivity index (χ0v) is 18.2. The first-order valence-electron chi connectivity index (χ1n) is 10.2. The minimum atomic E-state index is -0.650. The van der Waals surface area contributed by atoms with Crippen LogP contribution >= 0.6 is 0 Å². The van der Waals surface area contributed by atoms with Crippen molar-refractivity contribution in [1.82, 2.24) is 33.9 Å². The largest absolute Gasteiger partial charge is 0.321 e. The average Bonchev–Trinajstić information content (AvgIpc) is 3.33. The third kappa shape index (κ3) is 3.54. The van der Waals surface area contributed by atoms with E-state index in [1.807, 2.05) is 0 Å². The Kier molecular flexibility index (Phi) is 5.05. The first kappa shape index (κ1) is 20.9. The molecule has 0 atom stereocenters. The summed E-state index contributed by atoms with van der Waals surface area (Å²) in [5.74, 6) is 0.00195.